The first kappa shape index (κ1) is 18.9. The maximum absolute atomic E-state index is 12.8. The van der Waals surface area contributed by atoms with Crippen LogP contribution in [0.15, 0.2) is 51.9 Å². The van der Waals surface area contributed by atoms with E-state index in [2.05, 4.69) is 25.1 Å². The largest absolute Gasteiger partial charge is 0.462 e. The van der Waals surface area contributed by atoms with Crippen LogP contribution >= 0.6 is 11.8 Å². The van der Waals surface area contributed by atoms with Gasteiger partial charge in [-0.3, -0.25) is 9.82 Å². The van der Waals surface area contributed by atoms with E-state index in [1.165, 1.54) is 11.8 Å². The molecule has 0 aliphatic rings. The molecule has 0 unspecified atom stereocenters. The number of para-hydroxylation sites is 1. The first-order valence-corrected chi connectivity index (χ1v) is 10.1. The van der Waals surface area contributed by atoms with E-state index in [-0.39, 0.29) is 17.2 Å². The lowest BCUT2D eigenvalue weighted by atomic mass is 10.3. The Balaban J connectivity index is 1.91. The minimum absolute atomic E-state index is 0.119. The first-order chi connectivity index (χ1) is 12.9. The lowest BCUT2D eigenvalue weighted by Crippen LogP contribution is -2.18. The van der Waals surface area contributed by atoms with Crippen molar-refractivity contribution in [2.75, 3.05) is 11.3 Å². The predicted octanol–water partition coefficient (Wildman–Crippen LogP) is 1.67. The Morgan fingerprint density at radius 2 is 2.15 bits per heavy atom. The predicted molar refractivity (Wildman–Crippen MR) is 96.9 cm³/mol. The first-order valence-electron chi connectivity index (χ1n) is 7.76. The molecule has 0 aliphatic carbocycles. The van der Waals surface area contributed by atoms with Crippen LogP contribution in [0.4, 0.5) is 5.69 Å². The average molecular weight is 408 g/mol. The van der Waals surface area contributed by atoms with Crippen molar-refractivity contribution >= 4 is 33.4 Å². The molecule has 0 spiro atoms. The molecule has 0 saturated heterocycles. The zero-order chi connectivity index (χ0) is 19.4. The molecule has 2 heterocycles. The van der Waals surface area contributed by atoms with E-state index >= 15 is 0 Å². The van der Waals surface area contributed by atoms with Crippen LogP contribution in [0.1, 0.15) is 17.3 Å². The van der Waals surface area contributed by atoms with Gasteiger partial charge in [0, 0.05) is 11.9 Å². The fourth-order valence-corrected chi connectivity index (χ4v) is 4.22. The molecule has 3 aromatic rings. The molecule has 0 saturated carbocycles. The number of aromatic nitrogens is 5. The molecule has 2 aromatic heterocycles. The van der Waals surface area contributed by atoms with Crippen LogP contribution in [0.5, 0.6) is 0 Å². The van der Waals surface area contributed by atoms with Gasteiger partial charge in [0.15, 0.2) is 10.2 Å². The van der Waals surface area contributed by atoms with Crippen LogP contribution < -0.4 is 4.72 Å². The Morgan fingerprint density at radius 3 is 2.85 bits per heavy atom. The van der Waals surface area contributed by atoms with Gasteiger partial charge in [-0.15, -0.1) is 10.2 Å². The molecule has 142 valence electrons. The van der Waals surface area contributed by atoms with Gasteiger partial charge in [-0.25, -0.2) is 4.79 Å². The zero-order valence-electron chi connectivity index (χ0n) is 14.4. The number of aryl methyl sites for hydroxylation is 1. The van der Waals surface area contributed by atoms with Crippen LogP contribution in [0, 0.1) is 0 Å². The molecule has 27 heavy (non-hydrogen) atoms. The molecule has 0 aliphatic heterocycles. The smallest absolute Gasteiger partial charge is 0.342 e. The van der Waals surface area contributed by atoms with Gasteiger partial charge >= 0.3 is 5.97 Å². The van der Waals surface area contributed by atoms with E-state index in [1.807, 2.05) is 0 Å². The standard InChI is InChI=1S/C15H16N6O4S2/c1-3-25-14(22)10-8-16-18-13(10)27(23,24)20-11-6-4-5-7-12(11)26-15-19-17-9-21(15)2/h4-9,20H,3H2,1-2H3,(H,16,18). The summed E-state index contributed by atoms with van der Waals surface area (Å²) >= 11 is 1.25. The Labute approximate surface area is 159 Å². The third-order valence-electron chi connectivity index (χ3n) is 3.37. The van der Waals surface area contributed by atoms with Crippen molar-refractivity contribution in [3.05, 3.63) is 42.4 Å². The van der Waals surface area contributed by atoms with Gasteiger partial charge in [0.25, 0.3) is 10.0 Å². The number of benzene rings is 1. The van der Waals surface area contributed by atoms with Gasteiger partial charge in [0.2, 0.25) is 0 Å². The minimum atomic E-state index is -4.10. The van der Waals surface area contributed by atoms with Gasteiger partial charge in [-0.05, 0) is 30.8 Å². The molecule has 2 N–H and O–H groups in total. The van der Waals surface area contributed by atoms with Crippen molar-refractivity contribution < 1.29 is 17.9 Å². The third kappa shape index (κ3) is 4.11. The SMILES string of the molecule is CCOC(=O)c1cn[nH]c1S(=O)(=O)Nc1ccccc1Sc1nncn1C. The number of anilines is 1. The number of hydrogen-bond acceptors (Lipinski definition) is 8. The fraction of sp³-hybridized carbons (Fsp3) is 0.200. The quantitative estimate of drug-likeness (QED) is 0.564. The highest BCUT2D eigenvalue weighted by Gasteiger charge is 2.26. The van der Waals surface area contributed by atoms with E-state index < -0.39 is 16.0 Å². The molecule has 1 aromatic carbocycles. The second kappa shape index (κ2) is 7.80. The number of sulfonamides is 1. The highest BCUT2D eigenvalue weighted by atomic mass is 32.2. The summed E-state index contributed by atoms with van der Waals surface area (Å²) < 4.78 is 34.6. The van der Waals surface area contributed by atoms with Crippen molar-refractivity contribution in [2.45, 2.75) is 22.0 Å². The number of hydrogen-bond donors (Lipinski definition) is 2. The number of ether oxygens (including phenoxy) is 1. The topological polar surface area (TPSA) is 132 Å². The van der Waals surface area contributed by atoms with E-state index in [1.54, 1.807) is 49.1 Å². The summed E-state index contributed by atoms with van der Waals surface area (Å²) in [4.78, 5) is 12.6. The summed E-state index contributed by atoms with van der Waals surface area (Å²) in [6.45, 7) is 1.75. The Kier molecular flexibility index (Phi) is 5.46. The number of rotatable bonds is 7. The normalized spacial score (nSPS) is 11.3. The van der Waals surface area contributed by atoms with E-state index in [4.69, 9.17) is 4.74 Å². The molecule has 0 bridgehead atoms. The maximum Gasteiger partial charge on any atom is 0.342 e. The van der Waals surface area contributed by atoms with Gasteiger partial charge < -0.3 is 9.30 Å². The fourth-order valence-electron chi connectivity index (χ4n) is 2.13. The van der Waals surface area contributed by atoms with E-state index in [0.29, 0.717) is 15.7 Å². The molecular weight excluding hydrogens is 392 g/mol. The number of carbonyl (C=O) groups excluding carboxylic acids is 1. The van der Waals surface area contributed by atoms with Crippen LogP contribution in [0.3, 0.4) is 0 Å². The summed E-state index contributed by atoms with van der Waals surface area (Å²) in [5.41, 5.74) is 0.165. The summed E-state index contributed by atoms with van der Waals surface area (Å²) in [5, 5.41) is 14.0. The molecule has 10 nitrogen and oxygen atoms in total. The highest BCUT2D eigenvalue weighted by Crippen LogP contribution is 2.33. The highest BCUT2D eigenvalue weighted by molar-refractivity contribution is 7.99. The number of nitrogens with zero attached hydrogens (tertiary/aromatic N) is 4. The molecular formula is C15H16N6O4S2. The number of carbonyl (C=O) groups is 1. The molecule has 0 amide bonds. The molecule has 0 radical (unpaired) electrons. The van der Waals surface area contributed by atoms with Crippen molar-refractivity contribution in [1.82, 2.24) is 25.0 Å². The monoisotopic (exact) mass is 408 g/mol. The zero-order valence-corrected chi connectivity index (χ0v) is 16.0. The Bertz CT molecular complexity index is 1060. The second-order valence-corrected chi connectivity index (χ2v) is 7.89. The lowest BCUT2D eigenvalue weighted by molar-refractivity contribution is 0.0522. The minimum Gasteiger partial charge on any atom is -0.462 e. The molecule has 3 rings (SSSR count). The summed E-state index contributed by atoms with van der Waals surface area (Å²) in [7, 11) is -2.32. The third-order valence-corrected chi connectivity index (χ3v) is 5.84. The summed E-state index contributed by atoms with van der Waals surface area (Å²) in [5.74, 6) is -0.770. The summed E-state index contributed by atoms with van der Waals surface area (Å²) in [6, 6.07) is 6.82. The van der Waals surface area contributed by atoms with Crippen molar-refractivity contribution in [3.8, 4) is 0 Å². The van der Waals surface area contributed by atoms with Gasteiger partial charge in [0.05, 0.1) is 18.5 Å². The number of esters is 1. The van der Waals surface area contributed by atoms with Crippen molar-refractivity contribution in [3.63, 3.8) is 0 Å². The maximum atomic E-state index is 12.8. The molecule has 12 heteroatoms. The van der Waals surface area contributed by atoms with Crippen molar-refractivity contribution in [2.24, 2.45) is 7.05 Å². The van der Waals surface area contributed by atoms with Gasteiger partial charge in [-0.1, -0.05) is 12.1 Å². The van der Waals surface area contributed by atoms with Crippen LogP contribution in [0.25, 0.3) is 0 Å². The van der Waals surface area contributed by atoms with Crippen molar-refractivity contribution in [1.29, 1.82) is 0 Å². The van der Waals surface area contributed by atoms with Gasteiger partial charge in [-0.2, -0.15) is 13.5 Å². The lowest BCUT2D eigenvalue weighted by Gasteiger charge is -2.11. The number of aromatic amines is 1. The molecule has 0 fully saturated rings. The second-order valence-electron chi connectivity index (χ2n) is 5.26. The molecule has 0 atom stereocenters. The Morgan fingerprint density at radius 1 is 1.37 bits per heavy atom. The van der Waals surface area contributed by atoms with Crippen LogP contribution in [-0.2, 0) is 21.8 Å². The Hall–Kier alpha value is -2.86. The number of H-pyrrole nitrogens is 1. The summed E-state index contributed by atoms with van der Waals surface area (Å²) in [6.07, 6.45) is 2.66. The van der Waals surface area contributed by atoms with Gasteiger partial charge in [0.1, 0.15) is 11.9 Å². The van der Waals surface area contributed by atoms with E-state index in [9.17, 15) is 13.2 Å². The average Bonchev–Trinajstić information content (AvgIpc) is 3.27. The van der Waals surface area contributed by atoms with Crippen LogP contribution in [-0.4, -0.2) is 46.0 Å². The van der Waals surface area contributed by atoms with E-state index in [0.717, 1.165) is 6.20 Å². The number of nitrogens with one attached hydrogen (secondary N) is 2. The van der Waals surface area contributed by atoms with Crippen LogP contribution in [0.2, 0.25) is 0 Å².